The molecule has 3 heteroatoms. The molecule has 94 valence electrons. The van der Waals surface area contributed by atoms with Crippen molar-refractivity contribution in [1.82, 2.24) is 4.98 Å². The summed E-state index contributed by atoms with van der Waals surface area (Å²) in [4.78, 5) is 5.70. The molecule has 0 radical (unpaired) electrons. The zero-order valence-corrected chi connectivity index (χ0v) is 11.4. The number of aromatic nitrogens is 1. The summed E-state index contributed by atoms with van der Waals surface area (Å²) in [5.41, 5.74) is 8.14. The minimum absolute atomic E-state index is 0.726. The minimum Gasteiger partial charge on any atom is -0.330 e. The largest absolute Gasteiger partial charge is 0.330 e. The van der Waals surface area contributed by atoms with Crippen molar-refractivity contribution < 1.29 is 0 Å². The molecule has 1 aromatic heterocycles. The van der Waals surface area contributed by atoms with Crippen LogP contribution in [-0.2, 0) is 6.42 Å². The molecular formula is C15H18N2S. The van der Waals surface area contributed by atoms with E-state index >= 15 is 0 Å². The smallest absolute Gasteiger partial charge is 0.104 e. The summed E-state index contributed by atoms with van der Waals surface area (Å²) in [7, 11) is 0. The van der Waals surface area contributed by atoms with Crippen molar-refractivity contribution in [2.45, 2.75) is 29.7 Å². The quantitative estimate of drug-likeness (QED) is 0.893. The van der Waals surface area contributed by atoms with Crippen molar-refractivity contribution in [2.24, 2.45) is 5.73 Å². The molecule has 0 spiro atoms. The molecule has 0 atom stereocenters. The molecule has 1 heterocycles. The van der Waals surface area contributed by atoms with Crippen LogP contribution in [0.1, 0.15) is 17.5 Å². The van der Waals surface area contributed by atoms with Gasteiger partial charge in [0.1, 0.15) is 5.03 Å². The van der Waals surface area contributed by atoms with Crippen molar-refractivity contribution >= 4 is 11.8 Å². The SMILES string of the molecule is Cc1ccc(Sc2ncccc2CCCN)cc1. The Balaban J connectivity index is 2.15. The Hall–Kier alpha value is -1.32. The van der Waals surface area contributed by atoms with E-state index in [9.17, 15) is 0 Å². The summed E-state index contributed by atoms with van der Waals surface area (Å²) in [6, 6.07) is 12.7. The molecule has 0 aliphatic carbocycles. The van der Waals surface area contributed by atoms with Gasteiger partial charge in [0.25, 0.3) is 0 Å². The Labute approximate surface area is 113 Å². The molecule has 0 saturated heterocycles. The molecule has 0 aliphatic rings. The third-order valence-electron chi connectivity index (χ3n) is 2.74. The lowest BCUT2D eigenvalue weighted by Gasteiger charge is -2.07. The van der Waals surface area contributed by atoms with E-state index < -0.39 is 0 Å². The van der Waals surface area contributed by atoms with Gasteiger partial charge in [-0.3, -0.25) is 0 Å². The fourth-order valence-corrected chi connectivity index (χ4v) is 2.63. The first-order chi connectivity index (χ1) is 8.79. The molecule has 1 aromatic carbocycles. The number of benzene rings is 1. The van der Waals surface area contributed by atoms with Crippen LogP contribution in [-0.4, -0.2) is 11.5 Å². The second-order valence-corrected chi connectivity index (χ2v) is 5.34. The molecule has 2 N–H and O–H groups in total. The summed E-state index contributed by atoms with van der Waals surface area (Å²) in [6.45, 7) is 2.82. The first-order valence-corrected chi connectivity index (χ1v) is 7.00. The number of hydrogen-bond acceptors (Lipinski definition) is 3. The molecule has 2 nitrogen and oxygen atoms in total. The molecule has 0 amide bonds. The van der Waals surface area contributed by atoms with E-state index in [0.717, 1.165) is 24.4 Å². The Bertz CT molecular complexity index is 494. The van der Waals surface area contributed by atoms with E-state index in [1.807, 2.05) is 12.3 Å². The lowest BCUT2D eigenvalue weighted by atomic mass is 10.1. The van der Waals surface area contributed by atoms with Gasteiger partial charge in [-0.2, -0.15) is 0 Å². The third kappa shape index (κ3) is 3.59. The number of rotatable bonds is 5. The average molecular weight is 258 g/mol. The summed E-state index contributed by atoms with van der Waals surface area (Å²) in [5.74, 6) is 0. The van der Waals surface area contributed by atoms with Gasteiger partial charge in [-0.25, -0.2) is 4.98 Å². The molecule has 18 heavy (non-hydrogen) atoms. The molecule has 2 rings (SSSR count). The van der Waals surface area contributed by atoms with Crippen LogP contribution in [0.25, 0.3) is 0 Å². The van der Waals surface area contributed by atoms with E-state index in [-0.39, 0.29) is 0 Å². The van der Waals surface area contributed by atoms with Crippen LogP contribution in [0.5, 0.6) is 0 Å². The minimum atomic E-state index is 0.726. The average Bonchev–Trinajstić information content (AvgIpc) is 2.40. The summed E-state index contributed by atoms with van der Waals surface area (Å²) in [5, 5.41) is 1.09. The third-order valence-corrected chi connectivity index (χ3v) is 3.80. The zero-order valence-electron chi connectivity index (χ0n) is 10.6. The maximum Gasteiger partial charge on any atom is 0.104 e. The summed E-state index contributed by atoms with van der Waals surface area (Å²) in [6.07, 6.45) is 3.86. The molecule has 0 unspecified atom stereocenters. The zero-order chi connectivity index (χ0) is 12.8. The number of nitrogens with two attached hydrogens (primary N) is 1. The first kappa shape index (κ1) is 13.1. The number of hydrogen-bond donors (Lipinski definition) is 1. The maximum absolute atomic E-state index is 5.57. The standard InChI is InChI=1S/C15H18N2S/c1-12-6-8-14(9-7-12)18-15-13(4-2-10-16)5-3-11-17-15/h3,5-9,11H,2,4,10,16H2,1H3. The monoisotopic (exact) mass is 258 g/mol. The van der Waals surface area contributed by atoms with Crippen LogP contribution in [0.2, 0.25) is 0 Å². The van der Waals surface area contributed by atoms with Crippen molar-refractivity contribution in [3.05, 3.63) is 53.7 Å². The predicted molar refractivity (Wildman–Crippen MR) is 76.9 cm³/mol. The van der Waals surface area contributed by atoms with Crippen molar-refractivity contribution in [3.8, 4) is 0 Å². The highest BCUT2D eigenvalue weighted by atomic mass is 32.2. The van der Waals surface area contributed by atoms with E-state index in [1.165, 1.54) is 16.0 Å². The van der Waals surface area contributed by atoms with Crippen LogP contribution < -0.4 is 5.73 Å². The van der Waals surface area contributed by atoms with Crippen molar-refractivity contribution in [2.75, 3.05) is 6.54 Å². The van der Waals surface area contributed by atoms with Gasteiger partial charge in [0.2, 0.25) is 0 Å². The lowest BCUT2D eigenvalue weighted by molar-refractivity contribution is 0.808. The topological polar surface area (TPSA) is 38.9 Å². The van der Waals surface area contributed by atoms with Gasteiger partial charge >= 0.3 is 0 Å². The fourth-order valence-electron chi connectivity index (χ4n) is 1.72. The first-order valence-electron chi connectivity index (χ1n) is 6.18. The van der Waals surface area contributed by atoms with Gasteiger partial charge in [-0.1, -0.05) is 35.5 Å². The Morgan fingerprint density at radius 1 is 1.17 bits per heavy atom. The summed E-state index contributed by atoms with van der Waals surface area (Å²) < 4.78 is 0. The van der Waals surface area contributed by atoms with Gasteiger partial charge in [-0.05, 0) is 50.1 Å². The van der Waals surface area contributed by atoms with Crippen molar-refractivity contribution in [1.29, 1.82) is 0 Å². The Kier molecular flexibility index (Phi) is 4.79. The normalized spacial score (nSPS) is 10.6. The van der Waals surface area contributed by atoms with Gasteiger partial charge in [0.15, 0.2) is 0 Å². The predicted octanol–water partition coefficient (Wildman–Crippen LogP) is 3.43. The molecule has 0 fully saturated rings. The Morgan fingerprint density at radius 3 is 2.67 bits per heavy atom. The number of pyridine rings is 1. The van der Waals surface area contributed by atoms with Gasteiger partial charge in [0, 0.05) is 11.1 Å². The van der Waals surface area contributed by atoms with Crippen LogP contribution in [0.3, 0.4) is 0 Å². The van der Waals surface area contributed by atoms with Gasteiger partial charge in [0.05, 0.1) is 0 Å². The van der Waals surface area contributed by atoms with E-state index in [2.05, 4.69) is 42.2 Å². The van der Waals surface area contributed by atoms with Crippen LogP contribution in [0.15, 0.2) is 52.5 Å². The highest BCUT2D eigenvalue weighted by molar-refractivity contribution is 7.99. The molecule has 0 saturated carbocycles. The van der Waals surface area contributed by atoms with E-state index in [1.54, 1.807) is 11.8 Å². The maximum atomic E-state index is 5.57. The number of nitrogens with zero attached hydrogens (tertiary/aromatic N) is 1. The highest BCUT2D eigenvalue weighted by Gasteiger charge is 2.05. The fraction of sp³-hybridized carbons (Fsp3) is 0.267. The molecule has 2 aromatic rings. The molecular weight excluding hydrogens is 240 g/mol. The Morgan fingerprint density at radius 2 is 1.94 bits per heavy atom. The van der Waals surface area contributed by atoms with Gasteiger partial charge in [-0.15, -0.1) is 0 Å². The van der Waals surface area contributed by atoms with Crippen LogP contribution in [0.4, 0.5) is 0 Å². The van der Waals surface area contributed by atoms with Crippen molar-refractivity contribution in [3.63, 3.8) is 0 Å². The van der Waals surface area contributed by atoms with E-state index in [0.29, 0.717) is 0 Å². The molecule has 0 bridgehead atoms. The molecule has 0 aliphatic heterocycles. The highest BCUT2D eigenvalue weighted by Crippen LogP contribution is 2.29. The lowest BCUT2D eigenvalue weighted by Crippen LogP contribution is -2.01. The van der Waals surface area contributed by atoms with Crippen LogP contribution >= 0.6 is 11.8 Å². The second kappa shape index (κ2) is 6.57. The van der Waals surface area contributed by atoms with Gasteiger partial charge < -0.3 is 5.73 Å². The second-order valence-electron chi connectivity index (χ2n) is 4.28. The summed E-state index contributed by atoms with van der Waals surface area (Å²) >= 11 is 1.72. The van der Waals surface area contributed by atoms with Crippen LogP contribution in [0, 0.1) is 6.92 Å². The van der Waals surface area contributed by atoms with E-state index in [4.69, 9.17) is 5.73 Å². The number of aryl methyl sites for hydroxylation is 2.